The molecule has 19 heavy (non-hydrogen) atoms. The minimum absolute atomic E-state index is 0.00329. The summed E-state index contributed by atoms with van der Waals surface area (Å²) in [6, 6.07) is 3.82. The van der Waals surface area contributed by atoms with Crippen molar-refractivity contribution in [1.29, 1.82) is 0 Å². The first-order chi connectivity index (χ1) is 9.06. The summed E-state index contributed by atoms with van der Waals surface area (Å²) in [5.41, 5.74) is 0.558. The maximum Gasteiger partial charge on any atom is 0.142 e. The van der Waals surface area contributed by atoms with E-state index in [-0.39, 0.29) is 11.6 Å². The zero-order valence-electron chi connectivity index (χ0n) is 12.7. The predicted octanol–water partition coefficient (Wildman–Crippen LogP) is 2.95. The smallest absolute Gasteiger partial charge is 0.142 e. The molecule has 1 aromatic rings. The van der Waals surface area contributed by atoms with Gasteiger partial charge in [-0.2, -0.15) is 0 Å². The minimum atomic E-state index is -0.342. The molecule has 4 nitrogen and oxygen atoms in total. The van der Waals surface area contributed by atoms with Crippen molar-refractivity contribution in [2.75, 3.05) is 20.3 Å². The normalized spacial score (nSPS) is 13.3. The van der Waals surface area contributed by atoms with Gasteiger partial charge in [-0.3, -0.25) is 4.98 Å². The molecule has 0 saturated carbocycles. The lowest BCUT2D eigenvalue weighted by Crippen LogP contribution is -2.42. The Hall–Kier alpha value is -1.13. The van der Waals surface area contributed by atoms with E-state index in [1.165, 1.54) is 0 Å². The lowest BCUT2D eigenvalue weighted by atomic mass is 9.94. The van der Waals surface area contributed by atoms with Gasteiger partial charge in [-0.25, -0.2) is 0 Å². The number of nitrogens with one attached hydrogen (secondary N) is 1. The second-order valence-electron chi connectivity index (χ2n) is 5.01. The van der Waals surface area contributed by atoms with Gasteiger partial charge in [0.25, 0.3) is 0 Å². The minimum Gasteiger partial charge on any atom is -0.495 e. The molecule has 1 aromatic heterocycles. The molecule has 4 heteroatoms. The van der Waals surface area contributed by atoms with Gasteiger partial charge in [0.2, 0.25) is 0 Å². The van der Waals surface area contributed by atoms with Crippen LogP contribution in [0.1, 0.15) is 45.9 Å². The van der Waals surface area contributed by atoms with Gasteiger partial charge >= 0.3 is 0 Å². The summed E-state index contributed by atoms with van der Waals surface area (Å²) in [7, 11) is 1.67. The van der Waals surface area contributed by atoms with Crippen LogP contribution in [0.4, 0.5) is 0 Å². The quantitative estimate of drug-likeness (QED) is 0.785. The van der Waals surface area contributed by atoms with E-state index in [4.69, 9.17) is 9.47 Å². The molecule has 1 N–H and O–H groups in total. The Labute approximate surface area is 116 Å². The number of pyridine rings is 1. The number of ether oxygens (including phenoxy) is 2. The van der Waals surface area contributed by atoms with Crippen LogP contribution in [-0.4, -0.2) is 30.8 Å². The lowest BCUT2D eigenvalue weighted by Gasteiger charge is -2.35. The van der Waals surface area contributed by atoms with E-state index in [9.17, 15) is 0 Å². The SMILES string of the molecule is CCCNC(c1ncccc1OC)C(C)(C)OCC. The van der Waals surface area contributed by atoms with Crippen molar-refractivity contribution in [2.24, 2.45) is 0 Å². The summed E-state index contributed by atoms with van der Waals surface area (Å²) in [5, 5.41) is 3.52. The highest BCUT2D eigenvalue weighted by Gasteiger charge is 2.33. The summed E-state index contributed by atoms with van der Waals surface area (Å²) < 4.78 is 11.3. The first kappa shape index (κ1) is 15.9. The Kier molecular flexibility index (Phi) is 6.25. The lowest BCUT2D eigenvalue weighted by molar-refractivity contribution is -0.0406. The molecule has 1 rings (SSSR count). The molecule has 0 spiro atoms. The number of rotatable bonds is 8. The third kappa shape index (κ3) is 4.18. The van der Waals surface area contributed by atoms with Crippen LogP contribution in [0, 0.1) is 0 Å². The maximum absolute atomic E-state index is 5.88. The summed E-state index contributed by atoms with van der Waals surface area (Å²) in [5.74, 6) is 0.795. The van der Waals surface area contributed by atoms with Crippen molar-refractivity contribution in [1.82, 2.24) is 10.3 Å². The van der Waals surface area contributed by atoms with Gasteiger partial charge in [0.1, 0.15) is 11.4 Å². The molecule has 108 valence electrons. The number of nitrogens with zero attached hydrogens (tertiary/aromatic N) is 1. The fraction of sp³-hybridized carbons (Fsp3) is 0.667. The third-order valence-corrected chi connectivity index (χ3v) is 3.10. The van der Waals surface area contributed by atoms with Crippen LogP contribution in [-0.2, 0) is 4.74 Å². The standard InChI is InChI=1S/C15H26N2O2/c1-6-10-17-14(15(3,4)19-7-2)13-12(18-5)9-8-11-16-13/h8-9,11,14,17H,6-7,10H2,1-5H3. The maximum atomic E-state index is 5.88. The van der Waals surface area contributed by atoms with Gasteiger partial charge in [-0.1, -0.05) is 6.92 Å². The van der Waals surface area contributed by atoms with Crippen molar-refractivity contribution >= 4 is 0 Å². The Morgan fingerprint density at radius 2 is 2.11 bits per heavy atom. The fourth-order valence-corrected chi connectivity index (χ4v) is 2.21. The zero-order chi connectivity index (χ0) is 14.3. The molecule has 0 radical (unpaired) electrons. The third-order valence-electron chi connectivity index (χ3n) is 3.10. The molecule has 1 atom stereocenters. The van der Waals surface area contributed by atoms with Crippen molar-refractivity contribution in [3.8, 4) is 5.75 Å². The van der Waals surface area contributed by atoms with E-state index >= 15 is 0 Å². The molecule has 1 unspecified atom stereocenters. The molecule has 0 saturated heterocycles. The first-order valence-corrected chi connectivity index (χ1v) is 6.93. The first-order valence-electron chi connectivity index (χ1n) is 6.93. The summed E-state index contributed by atoms with van der Waals surface area (Å²) in [6.07, 6.45) is 2.86. The van der Waals surface area contributed by atoms with Crippen LogP contribution in [0.5, 0.6) is 5.75 Å². The average Bonchev–Trinajstić information content (AvgIpc) is 2.39. The van der Waals surface area contributed by atoms with Gasteiger partial charge in [-0.05, 0) is 45.9 Å². The number of hydrogen-bond donors (Lipinski definition) is 1. The summed E-state index contributed by atoms with van der Waals surface area (Å²) in [4.78, 5) is 4.48. The van der Waals surface area contributed by atoms with E-state index < -0.39 is 0 Å². The highest BCUT2D eigenvalue weighted by molar-refractivity contribution is 5.31. The van der Waals surface area contributed by atoms with Crippen molar-refractivity contribution in [3.63, 3.8) is 0 Å². The van der Waals surface area contributed by atoms with E-state index in [2.05, 4.69) is 31.1 Å². The molecule has 0 amide bonds. The van der Waals surface area contributed by atoms with E-state index in [1.807, 2.05) is 19.1 Å². The van der Waals surface area contributed by atoms with Crippen LogP contribution in [0.15, 0.2) is 18.3 Å². The van der Waals surface area contributed by atoms with Crippen LogP contribution >= 0.6 is 0 Å². The molecule has 0 fully saturated rings. The van der Waals surface area contributed by atoms with Crippen LogP contribution in [0.25, 0.3) is 0 Å². The molecular weight excluding hydrogens is 240 g/mol. The van der Waals surface area contributed by atoms with Crippen LogP contribution in [0.3, 0.4) is 0 Å². The van der Waals surface area contributed by atoms with Gasteiger partial charge < -0.3 is 14.8 Å². The van der Waals surface area contributed by atoms with Gasteiger partial charge in [0.15, 0.2) is 0 Å². The van der Waals surface area contributed by atoms with E-state index in [0.717, 1.165) is 24.4 Å². The van der Waals surface area contributed by atoms with Crippen LogP contribution in [0.2, 0.25) is 0 Å². The van der Waals surface area contributed by atoms with Gasteiger partial charge in [0, 0.05) is 12.8 Å². The summed E-state index contributed by atoms with van der Waals surface area (Å²) in [6.45, 7) is 9.91. The second kappa shape index (κ2) is 7.46. The molecule has 1 heterocycles. The molecule has 0 aliphatic carbocycles. The highest BCUT2D eigenvalue weighted by atomic mass is 16.5. The monoisotopic (exact) mass is 266 g/mol. The molecule has 0 bridgehead atoms. The van der Waals surface area contributed by atoms with Crippen molar-refractivity contribution in [2.45, 2.75) is 45.8 Å². The Morgan fingerprint density at radius 1 is 1.37 bits per heavy atom. The van der Waals surface area contributed by atoms with Crippen molar-refractivity contribution < 1.29 is 9.47 Å². The van der Waals surface area contributed by atoms with E-state index in [0.29, 0.717) is 6.61 Å². The highest BCUT2D eigenvalue weighted by Crippen LogP contribution is 2.32. The van der Waals surface area contributed by atoms with Gasteiger partial charge in [-0.15, -0.1) is 0 Å². The largest absolute Gasteiger partial charge is 0.495 e. The van der Waals surface area contributed by atoms with E-state index in [1.54, 1.807) is 13.3 Å². The Morgan fingerprint density at radius 3 is 2.68 bits per heavy atom. The van der Waals surface area contributed by atoms with Crippen molar-refractivity contribution in [3.05, 3.63) is 24.0 Å². The Bertz CT molecular complexity index is 380. The van der Waals surface area contributed by atoms with Crippen LogP contribution < -0.4 is 10.1 Å². The van der Waals surface area contributed by atoms with Gasteiger partial charge in [0.05, 0.1) is 18.8 Å². The summed E-state index contributed by atoms with van der Waals surface area (Å²) >= 11 is 0. The predicted molar refractivity (Wildman–Crippen MR) is 77.5 cm³/mol. The second-order valence-corrected chi connectivity index (χ2v) is 5.01. The Balaban J connectivity index is 3.08. The molecule has 0 aliphatic rings. The topological polar surface area (TPSA) is 43.4 Å². The number of hydrogen-bond acceptors (Lipinski definition) is 4. The molecule has 0 aromatic carbocycles. The number of aromatic nitrogens is 1. The fourth-order valence-electron chi connectivity index (χ4n) is 2.21. The average molecular weight is 266 g/mol. The molecule has 0 aliphatic heterocycles. The number of methoxy groups -OCH3 is 1. The zero-order valence-corrected chi connectivity index (χ0v) is 12.7. The molecular formula is C15H26N2O2.